The highest BCUT2D eigenvalue weighted by Crippen LogP contribution is 2.28. The standard InChI is InChI=1S/C14H21N/c1-2-6-14-11-13(9-10-15-14)12-7-4-3-5-8-12/h3-5,7-8,13-15H,2,6,9-11H2,1H3. The number of hydrogen-bond donors (Lipinski definition) is 1. The monoisotopic (exact) mass is 203 g/mol. The molecular formula is C14H21N. The smallest absolute Gasteiger partial charge is 0.00727 e. The molecule has 0 aromatic heterocycles. The molecule has 1 aromatic rings. The van der Waals surface area contributed by atoms with Crippen molar-refractivity contribution in [3.63, 3.8) is 0 Å². The normalized spacial score (nSPS) is 26.5. The molecule has 2 rings (SSSR count). The van der Waals surface area contributed by atoms with E-state index in [4.69, 9.17) is 0 Å². The number of piperidine rings is 1. The van der Waals surface area contributed by atoms with E-state index in [0.29, 0.717) is 0 Å². The van der Waals surface area contributed by atoms with Crippen LogP contribution >= 0.6 is 0 Å². The van der Waals surface area contributed by atoms with Gasteiger partial charge in [-0.05, 0) is 37.3 Å². The zero-order chi connectivity index (χ0) is 10.5. The predicted molar refractivity (Wildman–Crippen MR) is 65.1 cm³/mol. The Bertz CT molecular complexity index is 279. The van der Waals surface area contributed by atoms with E-state index in [-0.39, 0.29) is 0 Å². The van der Waals surface area contributed by atoms with Crippen LogP contribution in [0.4, 0.5) is 0 Å². The van der Waals surface area contributed by atoms with Crippen molar-refractivity contribution in [1.82, 2.24) is 5.32 Å². The van der Waals surface area contributed by atoms with Crippen LogP contribution in [-0.2, 0) is 0 Å². The van der Waals surface area contributed by atoms with Crippen LogP contribution in [0.15, 0.2) is 30.3 Å². The molecule has 1 aliphatic rings. The summed E-state index contributed by atoms with van der Waals surface area (Å²) in [5.74, 6) is 0.781. The first-order valence-corrected chi connectivity index (χ1v) is 6.18. The van der Waals surface area contributed by atoms with Crippen molar-refractivity contribution in [2.75, 3.05) is 6.54 Å². The average Bonchev–Trinajstić information content (AvgIpc) is 2.31. The molecule has 1 fully saturated rings. The fourth-order valence-corrected chi connectivity index (χ4v) is 2.60. The van der Waals surface area contributed by atoms with Gasteiger partial charge in [-0.2, -0.15) is 0 Å². The highest BCUT2D eigenvalue weighted by atomic mass is 14.9. The minimum Gasteiger partial charge on any atom is -0.314 e. The maximum Gasteiger partial charge on any atom is 0.00727 e. The van der Waals surface area contributed by atoms with Gasteiger partial charge in [0.15, 0.2) is 0 Å². The lowest BCUT2D eigenvalue weighted by Gasteiger charge is -2.30. The highest BCUT2D eigenvalue weighted by molar-refractivity contribution is 5.20. The second-order valence-electron chi connectivity index (χ2n) is 4.57. The molecule has 1 N–H and O–H groups in total. The lowest BCUT2D eigenvalue weighted by molar-refractivity contribution is 0.345. The Kier molecular flexibility index (Phi) is 3.79. The lowest BCUT2D eigenvalue weighted by Crippen LogP contribution is -2.37. The molecular weight excluding hydrogens is 182 g/mol. The second kappa shape index (κ2) is 5.32. The van der Waals surface area contributed by atoms with Crippen molar-refractivity contribution < 1.29 is 0 Å². The highest BCUT2D eigenvalue weighted by Gasteiger charge is 2.21. The van der Waals surface area contributed by atoms with E-state index in [1.807, 2.05) is 0 Å². The van der Waals surface area contributed by atoms with Crippen LogP contribution in [0.2, 0.25) is 0 Å². The maximum absolute atomic E-state index is 3.62. The van der Waals surface area contributed by atoms with Gasteiger partial charge in [-0.1, -0.05) is 43.7 Å². The van der Waals surface area contributed by atoms with E-state index in [0.717, 1.165) is 12.0 Å². The zero-order valence-corrected chi connectivity index (χ0v) is 9.58. The van der Waals surface area contributed by atoms with Gasteiger partial charge in [0, 0.05) is 6.04 Å². The van der Waals surface area contributed by atoms with Gasteiger partial charge in [0.05, 0.1) is 0 Å². The summed E-state index contributed by atoms with van der Waals surface area (Å²) in [5.41, 5.74) is 1.53. The van der Waals surface area contributed by atoms with Crippen molar-refractivity contribution in [3.05, 3.63) is 35.9 Å². The molecule has 1 heteroatoms. The largest absolute Gasteiger partial charge is 0.314 e. The van der Waals surface area contributed by atoms with Gasteiger partial charge in [0.25, 0.3) is 0 Å². The summed E-state index contributed by atoms with van der Waals surface area (Å²) >= 11 is 0. The fraction of sp³-hybridized carbons (Fsp3) is 0.571. The van der Waals surface area contributed by atoms with Crippen LogP contribution in [0.1, 0.15) is 44.1 Å². The molecule has 0 bridgehead atoms. The SMILES string of the molecule is CCCC1CC(c2ccccc2)CCN1. The van der Waals surface area contributed by atoms with Gasteiger partial charge < -0.3 is 5.32 Å². The van der Waals surface area contributed by atoms with Crippen molar-refractivity contribution in [1.29, 1.82) is 0 Å². The average molecular weight is 203 g/mol. The number of hydrogen-bond acceptors (Lipinski definition) is 1. The molecule has 0 saturated carbocycles. The third kappa shape index (κ3) is 2.82. The summed E-state index contributed by atoms with van der Waals surface area (Å²) in [6, 6.07) is 11.7. The molecule has 0 aliphatic carbocycles. The van der Waals surface area contributed by atoms with Gasteiger partial charge in [0.2, 0.25) is 0 Å². The van der Waals surface area contributed by atoms with Gasteiger partial charge in [-0.3, -0.25) is 0 Å². The van der Waals surface area contributed by atoms with Crippen molar-refractivity contribution in [2.24, 2.45) is 0 Å². The third-order valence-electron chi connectivity index (χ3n) is 3.40. The Balaban J connectivity index is 1.98. The first-order valence-electron chi connectivity index (χ1n) is 6.18. The lowest BCUT2D eigenvalue weighted by atomic mass is 9.85. The summed E-state index contributed by atoms with van der Waals surface area (Å²) in [6.45, 7) is 3.46. The van der Waals surface area contributed by atoms with Crippen molar-refractivity contribution in [2.45, 2.75) is 44.6 Å². The molecule has 1 saturated heterocycles. The predicted octanol–water partition coefficient (Wildman–Crippen LogP) is 3.32. The first kappa shape index (κ1) is 10.7. The van der Waals surface area contributed by atoms with Crippen molar-refractivity contribution >= 4 is 0 Å². The number of benzene rings is 1. The van der Waals surface area contributed by atoms with E-state index in [1.54, 1.807) is 0 Å². The van der Waals surface area contributed by atoms with Crippen LogP contribution in [0.3, 0.4) is 0 Å². The molecule has 2 atom stereocenters. The van der Waals surface area contributed by atoms with Crippen LogP contribution in [0.5, 0.6) is 0 Å². The Morgan fingerprint density at radius 3 is 2.80 bits per heavy atom. The number of nitrogens with one attached hydrogen (secondary N) is 1. The Morgan fingerprint density at radius 2 is 2.07 bits per heavy atom. The summed E-state index contributed by atoms with van der Waals surface area (Å²) in [7, 11) is 0. The number of rotatable bonds is 3. The molecule has 0 radical (unpaired) electrons. The van der Waals surface area contributed by atoms with Crippen LogP contribution in [0.25, 0.3) is 0 Å². The molecule has 82 valence electrons. The quantitative estimate of drug-likeness (QED) is 0.794. The molecule has 15 heavy (non-hydrogen) atoms. The van der Waals surface area contributed by atoms with E-state index in [1.165, 1.54) is 37.8 Å². The summed E-state index contributed by atoms with van der Waals surface area (Å²) in [6.07, 6.45) is 5.23. The molecule has 2 unspecified atom stereocenters. The molecule has 1 heterocycles. The summed E-state index contributed by atoms with van der Waals surface area (Å²) < 4.78 is 0. The maximum atomic E-state index is 3.62. The van der Waals surface area contributed by atoms with E-state index in [9.17, 15) is 0 Å². The first-order chi connectivity index (χ1) is 7.40. The Labute approximate surface area is 92.9 Å². The van der Waals surface area contributed by atoms with Gasteiger partial charge >= 0.3 is 0 Å². The molecule has 1 nitrogen and oxygen atoms in total. The molecule has 1 aromatic carbocycles. The van der Waals surface area contributed by atoms with Gasteiger partial charge in [0.1, 0.15) is 0 Å². The second-order valence-corrected chi connectivity index (χ2v) is 4.57. The third-order valence-corrected chi connectivity index (χ3v) is 3.40. The topological polar surface area (TPSA) is 12.0 Å². The molecule has 0 spiro atoms. The van der Waals surface area contributed by atoms with E-state index < -0.39 is 0 Å². The zero-order valence-electron chi connectivity index (χ0n) is 9.58. The van der Waals surface area contributed by atoms with Crippen LogP contribution in [-0.4, -0.2) is 12.6 Å². The van der Waals surface area contributed by atoms with Gasteiger partial charge in [-0.25, -0.2) is 0 Å². The molecule has 1 aliphatic heterocycles. The van der Waals surface area contributed by atoms with E-state index >= 15 is 0 Å². The van der Waals surface area contributed by atoms with Crippen molar-refractivity contribution in [3.8, 4) is 0 Å². The minimum atomic E-state index is 0.744. The van der Waals surface area contributed by atoms with Gasteiger partial charge in [-0.15, -0.1) is 0 Å². The molecule has 0 amide bonds. The Hall–Kier alpha value is -0.820. The summed E-state index contributed by atoms with van der Waals surface area (Å²) in [4.78, 5) is 0. The van der Waals surface area contributed by atoms with Crippen LogP contribution < -0.4 is 5.32 Å². The summed E-state index contributed by atoms with van der Waals surface area (Å²) in [5, 5.41) is 3.62. The minimum absolute atomic E-state index is 0.744. The van der Waals surface area contributed by atoms with Crippen LogP contribution in [0, 0.1) is 0 Å². The fourth-order valence-electron chi connectivity index (χ4n) is 2.60. The van der Waals surface area contributed by atoms with E-state index in [2.05, 4.69) is 42.6 Å². The Morgan fingerprint density at radius 1 is 1.27 bits per heavy atom.